The van der Waals surface area contributed by atoms with E-state index < -0.39 is 15.3 Å². The fraction of sp³-hybridized carbons (Fsp3) is 0.250. The number of fused-ring (bicyclic) bond motifs is 2. The smallest absolute Gasteiger partial charge is 0.243 e. The first-order valence-corrected chi connectivity index (χ1v) is 13.1. The summed E-state index contributed by atoms with van der Waals surface area (Å²) in [5, 5.41) is 4.22. The van der Waals surface area contributed by atoms with Crippen LogP contribution < -0.4 is 5.32 Å². The normalized spacial score (nSPS) is 19.2. The second kappa shape index (κ2) is 8.81. The Kier molecular flexibility index (Phi) is 5.86. The summed E-state index contributed by atoms with van der Waals surface area (Å²) in [7, 11) is -3.64. The number of carbonyl (C=O) groups is 2. The van der Waals surface area contributed by atoms with Gasteiger partial charge in [0.25, 0.3) is 0 Å². The molecule has 0 radical (unpaired) electrons. The molecule has 3 aromatic rings. The van der Waals surface area contributed by atoms with Gasteiger partial charge in [-0.15, -0.1) is 11.8 Å². The standard InChI is InChI=1S/C24H23N3O4S2/c28-23(16-22-24(29)25-20-7-3-4-8-21(20)32-22)26-11-13-27(14-12-26)33(30,31)19-10-9-17-5-1-2-6-18(17)15-19/h1-10,15,22H,11-14,16H2,(H,25,29). The van der Waals surface area contributed by atoms with Crippen LogP contribution in [-0.2, 0) is 19.6 Å². The van der Waals surface area contributed by atoms with Gasteiger partial charge in [0, 0.05) is 37.5 Å². The fourth-order valence-corrected chi connectivity index (χ4v) is 6.73. The van der Waals surface area contributed by atoms with Crippen molar-refractivity contribution in [3.05, 3.63) is 66.7 Å². The van der Waals surface area contributed by atoms with Crippen LogP contribution in [0.4, 0.5) is 5.69 Å². The predicted molar refractivity (Wildman–Crippen MR) is 129 cm³/mol. The predicted octanol–water partition coefficient (Wildman–Crippen LogP) is 3.18. The number of rotatable bonds is 4. The number of hydrogen-bond acceptors (Lipinski definition) is 5. The molecule has 1 atom stereocenters. The summed E-state index contributed by atoms with van der Waals surface area (Å²) < 4.78 is 27.7. The minimum atomic E-state index is -3.64. The van der Waals surface area contributed by atoms with Gasteiger partial charge in [0.1, 0.15) is 0 Å². The van der Waals surface area contributed by atoms with Crippen molar-refractivity contribution >= 4 is 50.1 Å². The zero-order chi connectivity index (χ0) is 23.0. The van der Waals surface area contributed by atoms with E-state index in [0.717, 1.165) is 21.4 Å². The van der Waals surface area contributed by atoms with Crippen molar-refractivity contribution in [2.75, 3.05) is 31.5 Å². The lowest BCUT2D eigenvalue weighted by Crippen LogP contribution is -2.51. The molecule has 0 aliphatic carbocycles. The molecule has 9 heteroatoms. The first kappa shape index (κ1) is 21.9. The number of nitrogens with one attached hydrogen (secondary N) is 1. The third kappa shape index (κ3) is 4.36. The van der Waals surface area contributed by atoms with Gasteiger partial charge in [-0.3, -0.25) is 9.59 Å². The third-order valence-corrected chi connectivity index (χ3v) is 9.19. The third-order valence-electron chi connectivity index (χ3n) is 6.02. The minimum absolute atomic E-state index is 0.0856. The Labute approximate surface area is 196 Å². The van der Waals surface area contributed by atoms with E-state index in [4.69, 9.17) is 0 Å². The molecule has 170 valence electrons. The van der Waals surface area contributed by atoms with E-state index in [-0.39, 0.29) is 36.2 Å². The number of sulfonamides is 1. The molecule has 1 unspecified atom stereocenters. The molecule has 2 heterocycles. The Morgan fingerprint density at radius 1 is 0.939 bits per heavy atom. The highest BCUT2D eigenvalue weighted by Crippen LogP contribution is 2.37. The Bertz CT molecular complexity index is 1330. The van der Waals surface area contributed by atoms with Gasteiger partial charge in [-0.2, -0.15) is 4.31 Å². The van der Waals surface area contributed by atoms with Crippen LogP contribution in [0.5, 0.6) is 0 Å². The summed E-state index contributed by atoms with van der Waals surface area (Å²) in [6, 6.07) is 20.3. The molecule has 3 aromatic carbocycles. The minimum Gasteiger partial charge on any atom is -0.340 e. The Balaban J connectivity index is 1.22. The quantitative estimate of drug-likeness (QED) is 0.619. The lowest BCUT2D eigenvalue weighted by atomic mass is 10.1. The maximum Gasteiger partial charge on any atom is 0.243 e. The molecule has 33 heavy (non-hydrogen) atoms. The number of para-hydroxylation sites is 1. The summed E-state index contributed by atoms with van der Waals surface area (Å²) in [6.45, 7) is 1.07. The number of piperazine rings is 1. The molecule has 0 bridgehead atoms. The number of anilines is 1. The number of nitrogens with zero attached hydrogens (tertiary/aromatic N) is 2. The van der Waals surface area contributed by atoms with Crippen molar-refractivity contribution in [2.45, 2.75) is 21.5 Å². The lowest BCUT2D eigenvalue weighted by molar-refractivity contribution is -0.133. The van der Waals surface area contributed by atoms with Gasteiger partial charge in [-0.25, -0.2) is 8.42 Å². The van der Waals surface area contributed by atoms with Gasteiger partial charge in [0.15, 0.2) is 0 Å². The maximum atomic E-state index is 13.2. The summed E-state index contributed by atoms with van der Waals surface area (Å²) in [4.78, 5) is 28.1. The second-order valence-corrected chi connectivity index (χ2v) is 11.3. The number of carbonyl (C=O) groups excluding carboxylic acids is 2. The topological polar surface area (TPSA) is 86.8 Å². The monoisotopic (exact) mass is 481 g/mol. The van der Waals surface area contributed by atoms with E-state index in [1.807, 2.05) is 54.6 Å². The summed E-state index contributed by atoms with van der Waals surface area (Å²) in [5.41, 5.74) is 0.767. The molecule has 2 amide bonds. The van der Waals surface area contributed by atoms with E-state index >= 15 is 0 Å². The maximum absolute atomic E-state index is 13.2. The highest BCUT2D eigenvalue weighted by molar-refractivity contribution is 8.01. The molecule has 5 rings (SSSR count). The molecule has 0 aromatic heterocycles. The number of thioether (sulfide) groups is 1. The SMILES string of the molecule is O=C1Nc2ccccc2SC1CC(=O)N1CCN(S(=O)(=O)c2ccc3ccccc3c2)CC1. The molecule has 1 saturated heterocycles. The van der Waals surface area contributed by atoms with Crippen LogP contribution in [0.2, 0.25) is 0 Å². The molecule has 2 aliphatic rings. The van der Waals surface area contributed by atoms with Crippen LogP contribution in [-0.4, -0.2) is 60.9 Å². The Hall–Kier alpha value is -2.88. The van der Waals surface area contributed by atoms with Gasteiger partial charge < -0.3 is 10.2 Å². The van der Waals surface area contributed by atoms with Gasteiger partial charge in [0.05, 0.1) is 15.8 Å². The van der Waals surface area contributed by atoms with Gasteiger partial charge in [0.2, 0.25) is 21.8 Å². The molecular weight excluding hydrogens is 458 g/mol. The summed E-state index contributed by atoms with van der Waals surface area (Å²) in [6.07, 6.45) is 0.0856. The van der Waals surface area contributed by atoms with Gasteiger partial charge in [-0.1, -0.05) is 42.5 Å². The van der Waals surface area contributed by atoms with E-state index in [9.17, 15) is 18.0 Å². The number of benzene rings is 3. The van der Waals surface area contributed by atoms with Crippen molar-refractivity contribution in [1.29, 1.82) is 0 Å². The van der Waals surface area contributed by atoms with E-state index in [1.165, 1.54) is 16.1 Å². The van der Waals surface area contributed by atoms with Crippen LogP contribution >= 0.6 is 11.8 Å². The van der Waals surface area contributed by atoms with Crippen LogP contribution in [0, 0.1) is 0 Å². The van der Waals surface area contributed by atoms with Crippen LogP contribution in [0.3, 0.4) is 0 Å². The van der Waals surface area contributed by atoms with Crippen molar-refractivity contribution in [2.24, 2.45) is 0 Å². The van der Waals surface area contributed by atoms with Crippen molar-refractivity contribution < 1.29 is 18.0 Å². The molecule has 0 saturated carbocycles. The van der Waals surface area contributed by atoms with Crippen LogP contribution in [0.25, 0.3) is 10.8 Å². The Morgan fingerprint density at radius 3 is 2.42 bits per heavy atom. The fourth-order valence-electron chi connectivity index (χ4n) is 4.17. The average molecular weight is 482 g/mol. The first-order valence-electron chi connectivity index (χ1n) is 10.7. The van der Waals surface area contributed by atoms with Crippen LogP contribution in [0.15, 0.2) is 76.5 Å². The number of hydrogen-bond donors (Lipinski definition) is 1. The van der Waals surface area contributed by atoms with Crippen LogP contribution in [0.1, 0.15) is 6.42 Å². The van der Waals surface area contributed by atoms with E-state index in [2.05, 4.69) is 5.32 Å². The summed E-state index contributed by atoms with van der Waals surface area (Å²) in [5.74, 6) is -0.311. The van der Waals surface area contributed by atoms with Gasteiger partial charge >= 0.3 is 0 Å². The van der Waals surface area contributed by atoms with Crippen molar-refractivity contribution in [3.8, 4) is 0 Å². The molecular formula is C24H23N3O4S2. The summed E-state index contributed by atoms with van der Waals surface area (Å²) >= 11 is 1.39. The van der Waals surface area contributed by atoms with E-state index in [0.29, 0.717) is 13.1 Å². The molecule has 2 aliphatic heterocycles. The zero-order valence-corrected chi connectivity index (χ0v) is 19.4. The largest absolute Gasteiger partial charge is 0.340 e. The molecule has 0 spiro atoms. The average Bonchev–Trinajstić information content (AvgIpc) is 2.84. The van der Waals surface area contributed by atoms with E-state index in [1.54, 1.807) is 17.0 Å². The molecule has 1 N–H and O–H groups in total. The Morgan fingerprint density at radius 2 is 1.64 bits per heavy atom. The van der Waals surface area contributed by atoms with Crippen molar-refractivity contribution in [3.63, 3.8) is 0 Å². The highest BCUT2D eigenvalue weighted by Gasteiger charge is 2.33. The zero-order valence-electron chi connectivity index (χ0n) is 17.8. The van der Waals surface area contributed by atoms with Gasteiger partial charge in [-0.05, 0) is 35.0 Å². The van der Waals surface area contributed by atoms with Crippen molar-refractivity contribution in [1.82, 2.24) is 9.21 Å². The highest BCUT2D eigenvalue weighted by atomic mass is 32.2. The first-order chi connectivity index (χ1) is 15.9. The lowest BCUT2D eigenvalue weighted by Gasteiger charge is -2.35. The number of amides is 2. The molecule has 1 fully saturated rings. The molecule has 7 nitrogen and oxygen atoms in total. The second-order valence-electron chi connectivity index (χ2n) is 8.09.